The van der Waals surface area contributed by atoms with Crippen LogP contribution in [0, 0.1) is 6.92 Å². The van der Waals surface area contributed by atoms with Gasteiger partial charge >= 0.3 is 0 Å². The first-order valence-corrected chi connectivity index (χ1v) is 11.1. The minimum absolute atomic E-state index is 0.165. The van der Waals surface area contributed by atoms with E-state index in [2.05, 4.69) is 36.5 Å². The first-order chi connectivity index (χ1) is 14.5. The molecule has 5 heteroatoms. The lowest BCUT2D eigenvalue weighted by Gasteiger charge is -2.22. The molecule has 2 atom stereocenters. The average Bonchev–Trinajstić information content (AvgIpc) is 3.53. The second-order valence-corrected chi connectivity index (χ2v) is 8.86. The van der Waals surface area contributed by atoms with Gasteiger partial charge in [0.2, 0.25) is 0 Å². The normalized spacial score (nSPS) is 20.3. The van der Waals surface area contributed by atoms with Crippen molar-refractivity contribution in [3.8, 4) is 11.3 Å². The Labute approximate surface area is 182 Å². The molecule has 154 valence electrons. The molecule has 30 heavy (non-hydrogen) atoms. The molecule has 0 aliphatic heterocycles. The lowest BCUT2D eigenvalue weighted by atomic mass is 10.0. The summed E-state index contributed by atoms with van der Waals surface area (Å²) in [6.45, 7) is 4.13. The summed E-state index contributed by atoms with van der Waals surface area (Å²) in [5.41, 5.74) is 7.24. The first kappa shape index (κ1) is 19.5. The molecule has 0 radical (unpaired) electrons. The molecule has 1 saturated carbocycles. The summed E-state index contributed by atoms with van der Waals surface area (Å²) in [5.74, 6) is 1.21. The number of aliphatic hydroxyl groups is 1. The van der Waals surface area contributed by atoms with Crippen LogP contribution >= 0.6 is 11.6 Å². The molecule has 5 rings (SSSR count). The molecular weight excluding hydrogens is 394 g/mol. The molecule has 2 aromatic carbocycles. The number of hydrogen-bond acceptors (Lipinski definition) is 4. The average molecular weight is 420 g/mol. The van der Waals surface area contributed by atoms with Crippen LogP contribution < -0.4 is 5.32 Å². The third-order valence-electron chi connectivity index (χ3n) is 6.17. The van der Waals surface area contributed by atoms with E-state index >= 15 is 0 Å². The smallest absolute Gasteiger partial charge is 0.148 e. The Bertz CT molecular complexity index is 1110. The van der Waals surface area contributed by atoms with Crippen molar-refractivity contribution in [2.75, 3.05) is 5.32 Å². The largest absolute Gasteiger partial charge is 0.390 e. The van der Waals surface area contributed by atoms with Gasteiger partial charge in [-0.05, 0) is 48.9 Å². The van der Waals surface area contributed by atoms with Crippen molar-refractivity contribution in [3.63, 3.8) is 0 Å². The summed E-state index contributed by atoms with van der Waals surface area (Å²) in [4.78, 5) is 10.1. The van der Waals surface area contributed by atoms with E-state index in [-0.39, 0.29) is 6.04 Å². The number of aromatic nitrogens is 2. The summed E-state index contributed by atoms with van der Waals surface area (Å²) < 4.78 is 0. The Hall–Kier alpha value is -2.43. The molecule has 1 aromatic heterocycles. The minimum Gasteiger partial charge on any atom is -0.390 e. The van der Waals surface area contributed by atoms with Crippen molar-refractivity contribution in [1.29, 1.82) is 0 Å². The van der Waals surface area contributed by atoms with Crippen molar-refractivity contribution in [2.45, 2.75) is 57.6 Å². The zero-order chi connectivity index (χ0) is 20.8. The van der Waals surface area contributed by atoms with Gasteiger partial charge in [-0.25, -0.2) is 9.97 Å². The van der Waals surface area contributed by atoms with Gasteiger partial charge in [0.25, 0.3) is 0 Å². The Balaban J connectivity index is 1.58. The van der Waals surface area contributed by atoms with E-state index in [9.17, 15) is 5.11 Å². The number of benzene rings is 2. The molecule has 0 amide bonds. The number of nitrogens with zero attached hydrogens (tertiary/aromatic N) is 2. The molecule has 1 heterocycles. The molecule has 2 aliphatic carbocycles. The molecule has 2 aliphatic rings. The Morgan fingerprint density at radius 3 is 2.67 bits per heavy atom. The number of anilines is 1. The van der Waals surface area contributed by atoms with Crippen molar-refractivity contribution < 1.29 is 5.11 Å². The summed E-state index contributed by atoms with van der Waals surface area (Å²) in [7, 11) is 0. The molecule has 2 N–H and O–H groups in total. The molecule has 0 saturated heterocycles. The summed E-state index contributed by atoms with van der Waals surface area (Å²) >= 11 is 6.59. The second kappa shape index (κ2) is 7.68. The highest BCUT2D eigenvalue weighted by Crippen LogP contribution is 2.45. The summed E-state index contributed by atoms with van der Waals surface area (Å²) in [6.07, 6.45) is 3.20. The lowest BCUT2D eigenvalue weighted by Crippen LogP contribution is -2.23. The number of rotatable bonds is 5. The van der Waals surface area contributed by atoms with Crippen LogP contribution in [0.5, 0.6) is 0 Å². The van der Waals surface area contributed by atoms with Gasteiger partial charge in [0, 0.05) is 17.9 Å². The van der Waals surface area contributed by atoms with Crippen molar-refractivity contribution in [3.05, 3.63) is 75.6 Å². The van der Waals surface area contributed by atoms with Crippen LogP contribution in [-0.4, -0.2) is 21.2 Å². The molecule has 0 spiro atoms. The number of aliphatic hydroxyl groups excluding tert-OH is 1. The van der Waals surface area contributed by atoms with Gasteiger partial charge in [-0.15, -0.1) is 0 Å². The van der Waals surface area contributed by atoms with E-state index in [1.807, 2.05) is 25.1 Å². The zero-order valence-corrected chi connectivity index (χ0v) is 18.1. The Morgan fingerprint density at radius 2 is 1.93 bits per heavy atom. The van der Waals surface area contributed by atoms with Crippen LogP contribution in [-0.2, 0) is 12.8 Å². The minimum atomic E-state index is -0.468. The van der Waals surface area contributed by atoms with E-state index in [1.165, 1.54) is 5.56 Å². The Morgan fingerprint density at radius 1 is 1.13 bits per heavy atom. The summed E-state index contributed by atoms with van der Waals surface area (Å²) in [6, 6.07) is 14.2. The predicted molar refractivity (Wildman–Crippen MR) is 121 cm³/mol. The molecule has 3 aromatic rings. The van der Waals surface area contributed by atoms with E-state index in [1.54, 1.807) is 0 Å². The molecule has 1 fully saturated rings. The van der Waals surface area contributed by atoms with Crippen molar-refractivity contribution >= 4 is 17.4 Å². The van der Waals surface area contributed by atoms with Crippen LogP contribution in [0.2, 0.25) is 5.02 Å². The number of hydrogen-bond donors (Lipinski definition) is 2. The monoisotopic (exact) mass is 419 g/mol. The number of halogens is 1. The highest BCUT2D eigenvalue weighted by molar-refractivity contribution is 6.33. The maximum atomic E-state index is 10.7. The van der Waals surface area contributed by atoms with E-state index in [0.29, 0.717) is 17.4 Å². The van der Waals surface area contributed by atoms with Crippen LogP contribution in [0.3, 0.4) is 0 Å². The maximum absolute atomic E-state index is 10.7. The van der Waals surface area contributed by atoms with Gasteiger partial charge in [-0.2, -0.15) is 0 Å². The van der Waals surface area contributed by atoms with Crippen LogP contribution in [0.4, 0.5) is 5.82 Å². The Kier molecular flexibility index (Phi) is 5.00. The first-order valence-electron chi connectivity index (χ1n) is 10.7. The number of aryl methyl sites for hydroxylation is 2. The fourth-order valence-corrected chi connectivity index (χ4v) is 4.72. The third-order valence-corrected chi connectivity index (χ3v) is 6.48. The topological polar surface area (TPSA) is 58.0 Å². The second-order valence-electron chi connectivity index (χ2n) is 8.46. The van der Waals surface area contributed by atoms with Crippen molar-refractivity contribution in [1.82, 2.24) is 9.97 Å². The SMILES string of the molecule is CCc1nc(-c2ccc(C)cc2Cl)c(C2CC2)nc1NC1c2ccccc2C[C@@H]1O. The van der Waals surface area contributed by atoms with E-state index in [4.69, 9.17) is 21.6 Å². The fourth-order valence-electron chi connectivity index (χ4n) is 4.39. The zero-order valence-electron chi connectivity index (χ0n) is 17.3. The van der Waals surface area contributed by atoms with Gasteiger partial charge in [-0.1, -0.05) is 54.9 Å². The fraction of sp³-hybridized carbons (Fsp3) is 0.360. The van der Waals surface area contributed by atoms with E-state index < -0.39 is 6.10 Å². The summed E-state index contributed by atoms with van der Waals surface area (Å²) in [5, 5.41) is 14.9. The molecule has 4 nitrogen and oxygen atoms in total. The standard InChI is InChI=1S/C25H26ClN3O/c1-3-20-25(29-23-17-7-5-4-6-16(17)13-21(23)30)28-22(15-9-10-15)24(27-20)18-11-8-14(2)12-19(18)26/h4-8,11-12,15,21,23,30H,3,9-10,13H2,1-2H3,(H,28,29)/t21-,23?/m0/s1. The van der Waals surface area contributed by atoms with Crippen molar-refractivity contribution in [2.24, 2.45) is 0 Å². The van der Waals surface area contributed by atoms with Gasteiger partial charge in [0.15, 0.2) is 0 Å². The lowest BCUT2D eigenvalue weighted by molar-refractivity contribution is 0.165. The van der Waals surface area contributed by atoms with Gasteiger partial charge in [-0.3, -0.25) is 0 Å². The number of fused-ring (bicyclic) bond motifs is 1. The van der Waals surface area contributed by atoms with Gasteiger partial charge in [0.1, 0.15) is 5.82 Å². The molecule has 0 bridgehead atoms. The molecular formula is C25H26ClN3O. The predicted octanol–water partition coefficient (Wildman–Crippen LogP) is 5.62. The maximum Gasteiger partial charge on any atom is 0.148 e. The van der Waals surface area contributed by atoms with Crippen LogP contribution in [0.25, 0.3) is 11.3 Å². The highest BCUT2D eigenvalue weighted by Gasteiger charge is 2.34. The van der Waals surface area contributed by atoms with E-state index in [0.717, 1.165) is 58.9 Å². The highest BCUT2D eigenvalue weighted by atomic mass is 35.5. The van der Waals surface area contributed by atoms with Crippen LogP contribution in [0.1, 0.15) is 59.8 Å². The van der Waals surface area contributed by atoms with Gasteiger partial charge < -0.3 is 10.4 Å². The third kappa shape index (κ3) is 3.48. The van der Waals surface area contributed by atoms with Gasteiger partial charge in [0.05, 0.1) is 34.3 Å². The van der Waals surface area contributed by atoms with Crippen LogP contribution in [0.15, 0.2) is 42.5 Å². The molecule has 1 unspecified atom stereocenters. The number of nitrogens with one attached hydrogen (secondary N) is 1. The quantitative estimate of drug-likeness (QED) is 0.563.